The van der Waals surface area contributed by atoms with Gasteiger partial charge in [-0.2, -0.15) is 0 Å². The van der Waals surface area contributed by atoms with Crippen LogP contribution in [0.25, 0.3) is 0 Å². The van der Waals surface area contributed by atoms with E-state index in [1.807, 2.05) is 17.8 Å². The average molecular weight is 281 g/mol. The van der Waals surface area contributed by atoms with Crippen LogP contribution < -0.4 is 5.32 Å². The van der Waals surface area contributed by atoms with Gasteiger partial charge in [0.05, 0.1) is 0 Å². The summed E-state index contributed by atoms with van der Waals surface area (Å²) in [5, 5.41) is 3.32. The molecule has 0 radical (unpaired) electrons. The molecule has 19 heavy (non-hydrogen) atoms. The fraction of sp³-hybridized carbons (Fsp3) is 0.625. The summed E-state index contributed by atoms with van der Waals surface area (Å²) in [5.41, 5.74) is 0.833. The second-order valence-electron chi connectivity index (χ2n) is 5.71. The van der Waals surface area contributed by atoms with Gasteiger partial charge in [0.1, 0.15) is 5.82 Å². The Labute approximate surface area is 120 Å². The summed E-state index contributed by atoms with van der Waals surface area (Å²) < 4.78 is 13.9. The lowest BCUT2D eigenvalue weighted by molar-refractivity contribution is 0.546. The number of nitrogens with one attached hydrogen (secondary N) is 1. The first kappa shape index (κ1) is 14.9. The molecule has 0 aromatic heterocycles. The molecule has 1 fully saturated rings. The quantitative estimate of drug-likeness (QED) is 0.764. The van der Waals surface area contributed by atoms with Crippen LogP contribution in [0.3, 0.4) is 0 Å². The van der Waals surface area contributed by atoms with Crippen LogP contribution in [0.15, 0.2) is 23.1 Å². The second-order valence-corrected chi connectivity index (χ2v) is 6.78. The topological polar surface area (TPSA) is 12.0 Å². The van der Waals surface area contributed by atoms with Gasteiger partial charge in [0.15, 0.2) is 0 Å². The highest BCUT2D eigenvalue weighted by Gasteiger charge is 2.16. The Morgan fingerprint density at radius 2 is 2.05 bits per heavy atom. The molecular formula is C16H24FNS. The van der Waals surface area contributed by atoms with Gasteiger partial charge in [-0.3, -0.25) is 0 Å². The van der Waals surface area contributed by atoms with E-state index in [4.69, 9.17) is 0 Å². The highest BCUT2D eigenvalue weighted by molar-refractivity contribution is 7.99. The van der Waals surface area contributed by atoms with Crippen molar-refractivity contribution < 1.29 is 4.39 Å². The maximum Gasteiger partial charge on any atom is 0.128 e. The van der Waals surface area contributed by atoms with E-state index in [1.165, 1.54) is 25.7 Å². The molecule has 1 N–H and O–H groups in total. The van der Waals surface area contributed by atoms with E-state index >= 15 is 0 Å². The minimum Gasteiger partial charge on any atom is -0.310 e. The third-order valence-electron chi connectivity index (χ3n) is 3.71. The monoisotopic (exact) mass is 281 g/mol. The lowest BCUT2D eigenvalue weighted by atomic mass is 10.1. The Kier molecular flexibility index (Phi) is 5.71. The number of hydrogen-bond donors (Lipinski definition) is 1. The maximum absolute atomic E-state index is 13.9. The van der Waals surface area contributed by atoms with Gasteiger partial charge in [-0.25, -0.2) is 4.39 Å². The molecule has 1 saturated carbocycles. The molecule has 2 rings (SSSR count). The smallest absolute Gasteiger partial charge is 0.128 e. The number of thioether (sulfide) groups is 1. The Balaban J connectivity index is 1.99. The van der Waals surface area contributed by atoms with E-state index in [2.05, 4.69) is 25.2 Å². The molecule has 0 unspecified atom stereocenters. The van der Waals surface area contributed by atoms with Gasteiger partial charge in [-0.05, 0) is 30.9 Å². The largest absolute Gasteiger partial charge is 0.310 e. The fourth-order valence-corrected chi connectivity index (χ4v) is 3.80. The molecule has 1 aromatic carbocycles. The lowest BCUT2D eigenvalue weighted by Crippen LogP contribution is -2.22. The van der Waals surface area contributed by atoms with Crippen LogP contribution in [0.4, 0.5) is 4.39 Å². The molecule has 0 atom stereocenters. The molecule has 106 valence electrons. The van der Waals surface area contributed by atoms with Crippen molar-refractivity contribution in [3.05, 3.63) is 29.6 Å². The van der Waals surface area contributed by atoms with Crippen LogP contribution >= 0.6 is 11.8 Å². The zero-order valence-corrected chi connectivity index (χ0v) is 12.7. The number of hydrogen-bond acceptors (Lipinski definition) is 2. The van der Waals surface area contributed by atoms with Crippen molar-refractivity contribution in [3.63, 3.8) is 0 Å². The van der Waals surface area contributed by atoms with E-state index in [1.54, 1.807) is 6.07 Å². The molecule has 1 aromatic rings. The predicted octanol–water partition coefficient (Wildman–Crippen LogP) is 4.61. The normalized spacial score (nSPS) is 16.4. The Morgan fingerprint density at radius 3 is 2.74 bits per heavy atom. The summed E-state index contributed by atoms with van der Waals surface area (Å²) in [6.07, 6.45) is 5.44. The van der Waals surface area contributed by atoms with Crippen molar-refractivity contribution in [2.24, 2.45) is 5.92 Å². The molecular weight excluding hydrogens is 257 g/mol. The lowest BCUT2D eigenvalue weighted by Gasteiger charge is -2.15. The minimum absolute atomic E-state index is 0.0791. The molecule has 1 aliphatic rings. The highest BCUT2D eigenvalue weighted by atomic mass is 32.2. The summed E-state index contributed by atoms with van der Waals surface area (Å²) >= 11 is 1.83. The molecule has 0 bridgehead atoms. The summed E-state index contributed by atoms with van der Waals surface area (Å²) in [6.45, 7) is 4.80. The molecule has 0 aliphatic heterocycles. The molecule has 0 spiro atoms. The summed E-state index contributed by atoms with van der Waals surface area (Å²) in [7, 11) is 0. The van der Waals surface area contributed by atoms with Crippen LogP contribution in [0.1, 0.15) is 45.1 Å². The number of rotatable bonds is 6. The number of halogens is 1. The maximum atomic E-state index is 13.9. The summed E-state index contributed by atoms with van der Waals surface area (Å²) in [5.74, 6) is 1.89. The van der Waals surface area contributed by atoms with Crippen LogP contribution in [0.5, 0.6) is 0 Å². The van der Waals surface area contributed by atoms with Crippen molar-refractivity contribution in [2.45, 2.75) is 57.0 Å². The molecule has 1 aliphatic carbocycles. The molecule has 1 nitrogen and oxygen atoms in total. The average Bonchev–Trinajstić information content (AvgIpc) is 2.88. The van der Waals surface area contributed by atoms with Crippen molar-refractivity contribution in [2.75, 3.05) is 5.75 Å². The molecule has 0 amide bonds. The van der Waals surface area contributed by atoms with Gasteiger partial charge in [0, 0.05) is 28.8 Å². The van der Waals surface area contributed by atoms with E-state index in [0.29, 0.717) is 12.6 Å². The predicted molar refractivity (Wildman–Crippen MR) is 81.1 cm³/mol. The van der Waals surface area contributed by atoms with Crippen LogP contribution in [0.2, 0.25) is 0 Å². The van der Waals surface area contributed by atoms with Crippen molar-refractivity contribution in [1.29, 1.82) is 0 Å². The van der Waals surface area contributed by atoms with E-state index in [0.717, 1.165) is 22.1 Å². The van der Waals surface area contributed by atoms with Gasteiger partial charge in [-0.1, -0.05) is 32.8 Å². The van der Waals surface area contributed by atoms with Gasteiger partial charge >= 0.3 is 0 Å². The standard InChI is InChI=1S/C16H24FNS/c1-12(2)18-10-14-15(17)8-5-9-16(14)19-11-13-6-3-4-7-13/h5,8-9,12-13,18H,3-4,6-7,10-11H2,1-2H3. The SMILES string of the molecule is CC(C)NCc1c(F)cccc1SCC1CCCC1. The summed E-state index contributed by atoms with van der Waals surface area (Å²) in [4.78, 5) is 1.11. The van der Waals surface area contributed by atoms with Crippen LogP contribution in [0, 0.1) is 11.7 Å². The van der Waals surface area contributed by atoms with Gasteiger partial charge in [-0.15, -0.1) is 11.8 Å². The van der Waals surface area contributed by atoms with E-state index < -0.39 is 0 Å². The second kappa shape index (κ2) is 7.30. The van der Waals surface area contributed by atoms with Crippen LogP contribution in [-0.4, -0.2) is 11.8 Å². The Hall–Kier alpha value is -0.540. The third kappa shape index (κ3) is 4.50. The Bertz CT molecular complexity index is 400. The van der Waals surface area contributed by atoms with E-state index in [-0.39, 0.29) is 5.82 Å². The van der Waals surface area contributed by atoms with Crippen molar-refractivity contribution in [1.82, 2.24) is 5.32 Å². The minimum atomic E-state index is -0.0791. The number of benzene rings is 1. The summed E-state index contributed by atoms with van der Waals surface area (Å²) in [6, 6.07) is 5.83. The zero-order valence-electron chi connectivity index (χ0n) is 11.9. The van der Waals surface area contributed by atoms with Gasteiger partial charge < -0.3 is 5.32 Å². The van der Waals surface area contributed by atoms with Crippen molar-refractivity contribution in [3.8, 4) is 0 Å². The third-order valence-corrected chi connectivity index (χ3v) is 5.04. The van der Waals surface area contributed by atoms with Gasteiger partial charge in [0.2, 0.25) is 0 Å². The van der Waals surface area contributed by atoms with Gasteiger partial charge in [0.25, 0.3) is 0 Å². The van der Waals surface area contributed by atoms with Crippen molar-refractivity contribution >= 4 is 11.8 Å². The molecule has 3 heteroatoms. The molecule has 0 saturated heterocycles. The van der Waals surface area contributed by atoms with Crippen LogP contribution in [-0.2, 0) is 6.54 Å². The first-order chi connectivity index (χ1) is 9.16. The Morgan fingerprint density at radius 1 is 1.32 bits per heavy atom. The van der Waals surface area contributed by atoms with E-state index in [9.17, 15) is 4.39 Å². The first-order valence-electron chi connectivity index (χ1n) is 7.30. The highest BCUT2D eigenvalue weighted by Crippen LogP contribution is 2.33. The first-order valence-corrected chi connectivity index (χ1v) is 8.29. The fourth-order valence-electron chi connectivity index (χ4n) is 2.54. The zero-order chi connectivity index (χ0) is 13.7. The molecule has 0 heterocycles.